The maximum atomic E-state index is 12.4. The minimum absolute atomic E-state index is 0.202. The molecular formula is C17H17NO4. The fourth-order valence-corrected chi connectivity index (χ4v) is 2.17. The number of hydrogen-bond donors (Lipinski definition) is 1. The normalized spacial score (nSPS) is 15.1. The number of carbonyl (C=O) groups excluding carboxylic acids is 2. The van der Waals surface area contributed by atoms with Gasteiger partial charge < -0.3 is 14.5 Å². The van der Waals surface area contributed by atoms with Gasteiger partial charge in [-0.25, -0.2) is 4.79 Å². The second kappa shape index (κ2) is 6.05. The van der Waals surface area contributed by atoms with E-state index in [2.05, 4.69) is 5.32 Å². The lowest BCUT2D eigenvalue weighted by Crippen LogP contribution is -2.33. The molecule has 5 heteroatoms. The molecule has 0 spiro atoms. The second-order valence-corrected chi connectivity index (χ2v) is 5.37. The zero-order chi connectivity index (χ0) is 15.5. The zero-order valence-electron chi connectivity index (χ0n) is 12.2. The number of aryl methyl sites for hydroxylation is 1. The fourth-order valence-electron chi connectivity index (χ4n) is 2.17. The molecule has 1 heterocycles. The molecule has 2 aromatic rings. The SMILES string of the molecule is Cc1occc1C(=O)O[C@H](C(=O)NC1CC1)c1ccccc1. The summed E-state index contributed by atoms with van der Waals surface area (Å²) in [6.45, 7) is 1.68. The van der Waals surface area contributed by atoms with Crippen molar-refractivity contribution in [3.05, 3.63) is 59.5 Å². The van der Waals surface area contributed by atoms with Crippen LogP contribution >= 0.6 is 0 Å². The molecule has 1 fully saturated rings. The molecule has 1 N–H and O–H groups in total. The summed E-state index contributed by atoms with van der Waals surface area (Å²) in [6, 6.07) is 10.8. The number of furan rings is 1. The molecule has 0 radical (unpaired) electrons. The Kier molecular flexibility index (Phi) is 3.96. The highest BCUT2D eigenvalue weighted by molar-refractivity contribution is 5.93. The van der Waals surface area contributed by atoms with Crippen molar-refractivity contribution in [1.82, 2.24) is 5.32 Å². The van der Waals surface area contributed by atoms with E-state index in [-0.39, 0.29) is 11.9 Å². The van der Waals surface area contributed by atoms with Gasteiger partial charge in [0.2, 0.25) is 6.10 Å². The summed E-state index contributed by atoms with van der Waals surface area (Å²) in [5, 5.41) is 2.88. The van der Waals surface area contributed by atoms with Crippen LogP contribution in [0.15, 0.2) is 47.1 Å². The highest BCUT2D eigenvalue weighted by atomic mass is 16.5. The number of hydrogen-bond acceptors (Lipinski definition) is 4. The van der Waals surface area contributed by atoms with Gasteiger partial charge in [0.15, 0.2) is 0 Å². The number of amides is 1. The van der Waals surface area contributed by atoms with Gasteiger partial charge in [0.25, 0.3) is 5.91 Å². The molecule has 1 aromatic carbocycles. The van der Waals surface area contributed by atoms with Crippen LogP contribution in [0, 0.1) is 6.92 Å². The molecule has 1 aliphatic carbocycles. The Morgan fingerprint density at radius 3 is 2.55 bits per heavy atom. The van der Waals surface area contributed by atoms with Crippen LogP contribution in [0.25, 0.3) is 0 Å². The lowest BCUT2D eigenvalue weighted by Gasteiger charge is -2.17. The van der Waals surface area contributed by atoms with E-state index >= 15 is 0 Å². The van der Waals surface area contributed by atoms with E-state index in [0.717, 1.165) is 12.8 Å². The van der Waals surface area contributed by atoms with Gasteiger partial charge >= 0.3 is 5.97 Å². The van der Waals surface area contributed by atoms with E-state index in [4.69, 9.17) is 9.15 Å². The summed E-state index contributed by atoms with van der Waals surface area (Å²) in [5.41, 5.74) is 0.982. The number of nitrogens with one attached hydrogen (secondary N) is 1. The van der Waals surface area contributed by atoms with E-state index in [9.17, 15) is 9.59 Å². The molecule has 0 aliphatic heterocycles. The number of carbonyl (C=O) groups is 2. The van der Waals surface area contributed by atoms with Crippen LogP contribution < -0.4 is 5.32 Å². The van der Waals surface area contributed by atoms with Crippen LogP contribution in [0.2, 0.25) is 0 Å². The largest absolute Gasteiger partial charge is 0.469 e. The average Bonchev–Trinajstić information content (AvgIpc) is 3.23. The maximum Gasteiger partial charge on any atom is 0.342 e. The van der Waals surface area contributed by atoms with Crippen LogP contribution in [-0.4, -0.2) is 17.9 Å². The van der Waals surface area contributed by atoms with Crippen LogP contribution in [0.4, 0.5) is 0 Å². The summed E-state index contributed by atoms with van der Waals surface area (Å²) >= 11 is 0. The summed E-state index contributed by atoms with van der Waals surface area (Å²) in [6.07, 6.45) is 2.42. The first-order valence-electron chi connectivity index (χ1n) is 7.25. The van der Waals surface area contributed by atoms with Gasteiger partial charge in [0.1, 0.15) is 11.3 Å². The Hall–Kier alpha value is -2.56. The molecule has 5 nitrogen and oxygen atoms in total. The first kappa shape index (κ1) is 14.4. The van der Waals surface area contributed by atoms with E-state index in [1.165, 1.54) is 6.26 Å². The Morgan fingerprint density at radius 1 is 1.23 bits per heavy atom. The molecule has 114 valence electrons. The highest BCUT2D eigenvalue weighted by Gasteiger charge is 2.31. The van der Waals surface area contributed by atoms with Crippen LogP contribution in [0.1, 0.15) is 40.6 Å². The predicted molar refractivity (Wildman–Crippen MR) is 79.2 cm³/mol. The Morgan fingerprint density at radius 2 is 1.95 bits per heavy atom. The molecule has 1 aromatic heterocycles. The third-order valence-electron chi connectivity index (χ3n) is 3.57. The summed E-state index contributed by atoms with van der Waals surface area (Å²) in [7, 11) is 0. The van der Waals surface area contributed by atoms with E-state index < -0.39 is 12.1 Å². The van der Waals surface area contributed by atoms with Crippen LogP contribution in [0.3, 0.4) is 0 Å². The van der Waals surface area contributed by atoms with Gasteiger partial charge in [-0.05, 0) is 25.8 Å². The van der Waals surface area contributed by atoms with E-state index in [0.29, 0.717) is 16.9 Å². The Bertz CT molecular complexity index is 673. The highest BCUT2D eigenvalue weighted by Crippen LogP contribution is 2.24. The van der Waals surface area contributed by atoms with E-state index in [1.54, 1.807) is 25.1 Å². The molecule has 3 rings (SSSR count). The minimum Gasteiger partial charge on any atom is -0.469 e. The lowest BCUT2D eigenvalue weighted by molar-refractivity contribution is -0.130. The van der Waals surface area contributed by atoms with Crippen molar-refractivity contribution in [1.29, 1.82) is 0 Å². The van der Waals surface area contributed by atoms with Crippen LogP contribution in [-0.2, 0) is 9.53 Å². The quantitative estimate of drug-likeness (QED) is 0.862. The predicted octanol–water partition coefficient (Wildman–Crippen LogP) is 2.76. The van der Waals surface area contributed by atoms with Gasteiger partial charge in [-0.1, -0.05) is 30.3 Å². The van der Waals surface area contributed by atoms with Gasteiger partial charge in [-0.3, -0.25) is 4.79 Å². The summed E-state index contributed by atoms with van der Waals surface area (Å²) in [5.74, 6) is -0.381. The van der Waals surface area contributed by atoms with Gasteiger partial charge in [0.05, 0.1) is 6.26 Å². The van der Waals surface area contributed by atoms with E-state index in [1.807, 2.05) is 18.2 Å². The standard InChI is InChI=1S/C17H17NO4/c1-11-14(9-10-21-11)17(20)22-15(12-5-3-2-4-6-12)16(19)18-13-7-8-13/h2-6,9-10,13,15H,7-8H2,1H3,(H,18,19)/t15-/m0/s1. The molecule has 0 unspecified atom stereocenters. The molecule has 0 bridgehead atoms. The van der Waals surface area contributed by atoms with Crippen molar-refractivity contribution in [3.63, 3.8) is 0 Å². The van der Waals surface area contributed by atoms with Crippen LogP contribution in [0.5, 0.6) is 0 Å². The maximum absolute atomic E-state index is 12.4. The third-order valence-corrected chi connectivity index (χ3v) is 3.57. The number of ether oxygens (including phenoxy) is 1. The molecule has 1 atom stereocenters. The minimum atomic E-state index is -0.955. The number of benzene rings is 1. The molecule has 22 heavy (non-hydrogen) atoms. The smallest absolute Gasteiger partial charge is 0.342 e. The lowest BCUT2D eigenvalue weighted by atomic mass is 10.1. The van der Waals surface area contributed by atoms with Crippen molar-refractivity contribution >= 4 is 11.9 Å². The van der Waals surface area contributed by atoms with Crippen molar-refractivity contribution in [2.45, 2.75) is 31.9 Å². The topological polar surface area (TPSA) is 68.5 Å². The first-order valence-corrected chi connectivity index (χ1v) is 7.25. The molecular weight excluding hydrogens is 282 g/mol. The molecule has 1 aliphatic rings. The first-order chi connectivity index (χ1) is 10.6. The monoisotopic (exact) mass is 299 g/mol. The second-order valence-electron chi connectivity index (χ2n) is 5.37. The number of esters is 1. The van der Waals surface area contributed by atoms with Crippen molar-refractivity contribution in [2.75, 3.05) is 0 Å². The fraction of sp³-hybridized carbons (Fsp3) is 0.294. The summed E-state index contributed by atoms with van der Waals surface area (Å²) in [4.78, 5) is 24.6. The van der Waals surface area contributed by atoms with Gasteiger partial charge in [-0.2, -0.15) is 0 Å². The average molecular weight is 299 g/mol. The Balaban J connectivity index is 1.80. The van der Waals surface area contributed by atoms with Gasteiger partial charge in [0, 0.05) is 11.6 Å². The van der Waals surface area contributed by atoms with Crippen molar-refractivity contribution in [3.8, 4) is 0 Å². The zero-order valence-corrected chi connectivity index (χ0v) is 12.2. The van der Waals surface area contributed by atoms with Gasteiger partial charge in [-0.15, -0.1) is 0 Å². The Labute approximate surface area is 128 Å². The third kappa shape index (κ3) is 3.19. The number of rotatable bonds is 5. The molecule has 1 saturated carbocycles. The summed E-state index contributed by atoms with van der Waals surface area (Å²) < 4.78 is 10.5. The molecule has 1 amide bonds. The van der Waals surface area contributed by atoms with Crippen molar-refractivity contribution in [2.24, 2.45) is 0 Å². The molecule has 0 saturated heterocycles. The van der Waals surface area contributed by atoms with Crippen molar-refractivity contribution < 1.29 is 18.7 Å².